The molecule has 0 radical (unpaired) electrons. The van der Waals surface area contributed by atoms with E-state index in [1.54, 1.807) is 0 Å². The van der Waals surface area contributed by atoms with Crippen molar-refractivity contribution in [1.29, 1.82) is 0 Å². The molecule has 0 fully saturated rings. The minimum absolute atomic E-state index is 0.0144. The van der Waals surface area contributed by atoms with E-state index in [-0.39, 0.29) is 21.7 Å². The van der Waals surface area contributed by atoms with Gasteiger partial charge in [-0.1, -0.05) is 95.2 Å². The van der Waals surface area contributed by atoms with E-state index < -0.39 is 0 Å². The molecule has 0 spiro atoms. The lowest BCUT2D eigenvalue weighted by atomic mass is 9.84. The van der Waals surface area contributed by atoms with Crippen LogP contribution in [0.2, 0.25) is 0 Å². The van der Waals surface area contributed by atoms with Crippen LogP contribution >= 0.6 is 0 Å². The molecule has 0 saturated carbocycles. The molecule has 0 amide bonds. The van der Waals surface area contributed by atoms with Crippen LogP contribution in [0.4, 0.5) is 0 Å². The Balaban J connectivity index is 1.31. The maximum Gasteiger partial charge on any atom is 0.145 e. The van der Waals surface area contributed by atoms with Crippen LogP contribution in [0.1, 0.15) is 105 Å². The molecule has 0 unspecified atom stereocenters. The summed E-state index contributed by atoms with van der Waals surface area (Å²) in [5, 5.41) is 12.6. The first-order chi connectivity index (χ1) is 25.8. The smallest absolute Gasteiger partial charge is 0.145 e. The van der Waals surface area contributed by atoms with Gasteiger partial charge in [0.1, 0.15) is 11.2 Å². The van der Waals surface area contributed by atoms with Crippen molar-refractivity contribution in [1.82, 2.24) is 8.80 Å². The summed E-state index contributed by atoms with van der Waals surface area (Å²) in [4.78, 5) is 0. The first-order valence-corrected chi connectivity index (χ1v) is 20.1. The van der Waals surface area contributed by atoms with E-state index in [0.29, 0.717) is 0 Å². The summed E-state index contributed by atoms with van der Waals surface area (Å²) in [6.07, 6.45) is 0. The molecule has 11 aromatic rings. The predicted molar refractivity (Wildman–Crippen MR) is 238 cm³/mol. The van der Waals surface area contributed by atoms with Crippen molar-refractivity contribution in [3.05, 3.63) is 107 Å². The summed E-state index contributed by atoms with van der Waals surface area (Å²) < 4.78 is 12.4. The fraction of sp³-hybridized carbons (Fsp3) is 0.308. The SMILES string of the molecule is CC(C)(C)c1ccc2c(c1)c1cc(C(C)(C)C)cc3c4c5oc6c(ccc7c6c6cc(C(C)(C)C)cc8c9cc(C(C)(C)C)ccc9n7c86)c5ccc4n2c13. The Morgan fingerprint density at radius 1 is 0.327 bits per heavy atom. The highest BCUT2D eigenvalue weighted by molar-refractivity contribution is 6.34. The molecule has 0 aliphatic carbocycles. The number of hydrogen-bond donors (Lipinski definition) is 0. The molecular formula is C52H50N2O. The Hall–Kier alpha value is -5.28. The zero-order chi connectivity index (χ0) is 38.5. The quantitative estimate of drug-likeness (QED) is 0.153. The van der Waals surface area contributed by atoms with E-state index in [9.17, 15) is 0 Å². The van der Waals surface area contributed by atoms with Gasteiger partial charge in [-0.15, -0.1) is 0 Å². The Bertz CT molecular complexity index is 3210. The van der Waals surface area contributed by atoms with Crippen LogP contribution < -0.4 is 0 Å². The molecular weight excluding hydrogens is 669 g/mol. The molecule has 3 nitrogen and oxygen atoms in total. The molecule has 0 aliphatic heterocycles. The molecule has 0 atom stereocenters. The van der Waals surface area contributed by atoms with Gasteiger partial charge >= 0.3 is 0 Å². The molecule has 6 aromatic carbocycles. The third kappa shape index (κ3) is 4.22. The number of rotatable bonds is 0. The third-order valence-electron chi connectivity index (χ3n) is 13.0. The van der Waals surface area contributed by atoms with Crippen molar-refractivity contribution in [3.8, 4) is 0 Å². The van der Waals surface area contributed by atoms with Crippen molar-refractivity contribution < 1.29 is 4.42 Å². The maximum atomic E-state index is 7.38. The molecule has 0 N–H and O–H groups in total. The zero-order valence-electron chi connectivity index (χ0n) is 34.4. The van der Waals surface area contributed by atoms with Crippen LogP contribution in [0.3, 0.4) is 0 Å². The third-order valence-corrected chi connectivity index (χ3v) is 13.0. The van der Waals surface area contributed by atoms with Crippen molar-refractivity contribution in [3.63, 3.8) is 0 Å². The Labute approximate surface area is 322 Å². The molecule has 5 aromatic heterocycles. The van der Waals surface area contributed by atoms with Gasteiger partial charge < -0.3 is 13.2 Å². The molecule has 0 saturated heterocycles. The monoisotopic (exact) mass is 718 g/mol. The summed E-state index contributed by atoms with van der Waals surface area (Å²) in [7, 11) is 0. The molecule has 55 heavy (non-hydrogen) atoms. The highest BCUT2D eigenvalue weighted by atomic mass is 16.3. The minimum Gasteiger partial charge on any atom is -0.455 e. The van der Waals surface area contributed by atoms with E-state index in [1.807, 2.05) is 0 Å². The van der Waals surface area contributed by atoms with Crippen molar-refractivity contribution in [2.45, 2.75) is 105 Å². The van der Waals surface area contributed by atoms with Gasteiger partial charge in [0, 0.05) is 43.1 Å². The number of nitrogens with zero attached hydrogens (tertiary/aromatic N) is 2. The lowest BCUT2D eigenvalue weighted by Gasteiger charge is -2.20. The summed E-state index contributed by atoms with van der Waals surface area (Å²) in [5.41, 5.74) is 15.0. The van der Waals surface area contributed by atoms with Crippen molar-refractivity contribution in [2.75, 3.05) is 0 Å². The summed E-state index contributed by atoms with van der Waals surface area (Å²) >= 11 is 0. The number of benzene rings is 6. The van der Waals surface area contributed by atoms with Crippen LogP contribution in [0.25, 0.3) is 98.1 Å². The van der Waals surface area contributed by atoms with E-state index in [0.717, 1.165) is 11.2 Å². The summed E-state index contributed by atoms with van der Waals surface area (Å²) in [6.45, 7) is 27.8. The topological polar surface area (TPSA) is 22.0 Å². The van der Waals surface area contributed by atoms with Crippen LogP contribution in [0, 0.1) is 0 Å². The first-order valence-electron chi connectivity index (χ1n) is 20.1. The van der Waals surface area contributed by atoms with Gasteiger partial charge in [-0.3, -0.25) is 0 Å². The molecule has 274 valence electrons. The van der Waals surface area contributed by atoms with E-state index in [1.165, 1.54) is 109 Å². The van der Waals surface area contributed by atoms with Gasteiger partial charge in [0.2, 0.25) is 0 Å². The fourth-order valence-corrected chi connectivity index (χ4v) is 9.75. The number of fused-ring (bicyclic) bond motifs is 17. The lowest BCUT2D eigenvalue weighted by molar-refractivity contribution is 0.590. The molecule has 0 aliphatic rings. The molecule has 5 heterocycles. The molecule has 11 rings (SSSR count). The largest absolute Gasteiger partial charge is 0.455 e. The zero-order valence-corrected chi connectivity index (χ0v) is 34.4. The van der Waals surface area contributed by atoms with Gasteiger partial charge in [0.05, 0.1) is 43.9 Å². The van der Waals surface area contributed by atoms with Crippen LogP contribution in [0.15, 0.2) is 89.3 Å². The normalized spacial score (nSPS) is 14.2. The second-order valence-electron chi connectivity index (χ2n) is 20.7. The van der Waals surface area contributed by atoms with Gasteiger partial charge in [-0.05, 0) is 117 Å². The average Bonchev–Trinajstić information content (AvgIpc) is 3.89. The van der Waals surface area contributed by atoms with E-state index in [2.05, 4.69) is 177 Å². The predicted octanol–water partition coefficient (Wildman–Crippen LogP) is 15.1. The minimum atomic E-state index is -0.0144. The number of furan rings is 1. The number of hydrogen-bond acceptors (Lipinski definition) is 1. The highest BCUT2D eigenvalue weighted by Crippen LogP contribution is 2.49. The van der Waals surface area contributed by atoms with Gasteiger partial charge in [0.15, 0.2) is 0 Å². The average molecular weight is 719 g/mol. The van der Waals surface area contributed by atoms with E-state index >= 15 is 0 Å². The Kier molecular flexibility index (Phi) is 5.97. The second kappa shape index (κ2) is 9.93. The van der Waals surface area contributed by atoms with Crippen LogP contribution in [-0.2, 0) is 21.7 Å². The summed E-state index contributed by atoms with van der Waals surface area (Å²) in [6, 6.07) is 33.3. The highest BCUT2D eigenvalue weighted by Gasteiger charge is 2.29. The van der Waals surface area contributed by atoms with Crippen molar-refractivity contribution in [2.24, 2.45) is 0 Å². The maximum absolute atomic E-state index is 7.38. The second-order valence-corrected chi connectivity index (χ2v) is 20.7. The molecule has 0 bridgehead atoms. The summed E-state index contributed by atoms with van der Waals surface area (Å²) in [5.74, 6) is 0. The molecule has 3 heteroatoms. The Morgan fingerprint density at radius 3 is 1.02 bits per heavy atom. The van der Waals surface area contributed by atoms with E-state index in [4.69, 9.17) is 4.42 Å². The number of aromatic nitrogens is 2. The fourth-order valence-electron chi connectivity index (χ4n) is 9.75. The first kappa shape index (κ1) is 33.1. The van der Waals surface area contributed by atoms with Gasteiger partial charge in [-0.25, -0.2) is 0 Å². The van der Waals surface area contributed by atoms with Crippen LogP contribution in [0.5, 0.6) is 0 Å². The lowest BCUT2D eigenvalue weighted by Crippen LogP contribution is -2.11. The van der Waals surface area contributed by atoms with Gasteiger partial charge in [0.25, 0.3) is 0 Å². The van der Waals surface area contributed by atoms with Gasteiger partial charge in [-0.2, -0.15) is 0 Å². The van der Waals surface area contributed by atoms with Crippen LogP contribution in [-0.4, -0.2) is 8.80 Å². The standard InChI is InChI=1S/C52H50N2O/c1-49(2,3)27-13-17-39-33(21-27)35-23-29(51(7,8)9)25-37-43-41(53(39)45(35)37)19-15-31-32-16-20-42-44(48(32)55-47(31)43)38-26-30(52(10,11)12)24-36-34-22-28(50(4,5)6)14-18-40(34)54(42)46(36)38/h13-26H,1-12H3. The van der Waals surface area contributed by atoms with Crippen molar-refractivity contribution >= 4 is 98.1 Å². The Morgan fingerprint density at radius 2 is 0.655 bits per heavy atom.